The van der Waals surface area contributed by atoms with E-state index in [1.54, 1.807) is 0 Å². The minimum atomic E-state index is -0.249. The molecule has 0 radical (unpaired) electrons. The number of aromatic hydroxyl groups is 1. The molecule has 1 atom stereocenters. The summed E-state index contributed by atoms with van der Waals surface area (Å²) in [5.74, 6) is 0.222. The highest BCUT2D eigenvalue weighted by molar-refractivity contribution is 6.33. The fraction of sp³-hybridized carbons (Fsp3) is 0.417. The van der Waals surface area contributed by atoms with Crippen molar-refractivity contribution in [3.05, 3.63) is 28.8 Å². The maximum atomic E-state index is 11.7. The maximum absolute atomic E-state index is 11.7. The van der Waals surface area contributed by atoms with Gasteiger partial charge in [0.25, 0.3) is 5.91 Å². The molecule has 0 aliphatic carbocycles. The van der Waals surface area contributed by atoms with Gasteiger partial charge in [0, 0.05) is 6.54 Å². The summed E-state index contributed by atoms with van der Waals surface area (Å²) < 4.78 is 0. The van der Waals surface area contributed by atoms with E-state index >= 15 is 0 Å². The van der Waals surface area contributed by atoms with Gasteiger partial charge in [0.1, 0.15) is 5.75 Å². The van der Waals surface area contributed by atoms with Crippen LogP contribution < -0.4 is 5.32 Å². The molecule has 0 aliphatic heterocycles. The second kappa shape index (κ2) is 5.75. The Kier molecular flexibility index (Phi) is 4.62. The Morgan fingerprint density at radius 1 is 1.56 bits per heavy atom. The van der Waals surface area contributed by atoms with Gasteiger partial charge in [-0.3, -0.25) is 4.79 Å². The number of carbonyl (C=O) groups excluding carboxylic acids is 1. The van der Waals surface area contributed by atoms with E-state index in [9.17, 15) is 9.90 Å². The van der Waals surface area contributed by atoms with Crippen LogP contribution in [0.5, 0.6) is 5.75 Å². The molecule has 88 valence electrons. The van der Waals surface area contributed by atoms with Gasteiger partial charge in [-0.15, -0.1) is 0 Å². The van der Waals surface area contributed by atoms with Gasteiger partial charge < -0.3 is 10.4 Å². The first-order chi connectivity index (χ1) is 7.54. The summed E-state index contributed by atoms with van der Waals surface area (Å²) in [4.78, 5) is 11.7. The molecule has 16 heavy (non-hydrogen) atoms. The predicted molar refractivity (Wildman–Crippen MR) is 64.9 cm³/mol. The third-order valence-electron chi connectivity index (χ3n) is 2.50. The number of hydrogen-bond acceptors (Lipinski definition) is 2. The summed E-state index contributed by atoms with van der Waals surface area (Å²) in [5.41, 5.74) is 0.310. The molecule has 2 N–H and O–H groups in total. The molecular formula is C12H16ClNO2. The van der Waals surface area contributed by atoms with Gasteiger partial charge in [-0.1, -0.05) is 31.9 Å². The highest BCUT2D eigenvalue weighted by atomic mass is 35.5. The van der Waals surface area contributed by atoms with Crippen molar-refractivity contribution in [2.45, 2.75) is 20.3 Å². The molecule has 1 rings (SSSR count). The van der Waals surface area contributed by atoms with Gasteiger partial charge in [-0.05, 0) is 24.1 Å². The maximum Gasteiger partial charge on any atom is 0.252 e. The molecule has 0 saturated heterocycles. The number of benzene rings is 1. The zero-order valence-electron chi connectivity index (χ0n) is 9.46. The average molecular weight is 242 g/mol. The van der Waals surface area contributed by atoms with Crippen LogP contribution in [-0.2, 0) is 0 Å². The molecule has 0 saturated carbocycles. The molecule has 0 spiro atoms. The van der Waals surface area contributed by atoms with Crippen molar-refractivity contribution in [2.75, 3.05) is 6.54 Å². The molecule has 0 aliphatic rings. The molecular weight excluding hydrogens is 226 g/mol. The van der Waals surface area contributed by atoms with Crippen molar-refractivity contribution in [1.29, 1.82) is 0 Å². The first-order valence-corrected chi connectivity index (χ1v) is 5.69. The molecule has 0 aromatic heterocycles. The summed E-state index contributed by atoms with van der Waals surface area (Å²) >= 11 is 5.87. The first-order valence-electron chi connectivity index (χ1n) is 5.31. The predicted octanol–water partition coefficient (Wildman–Crippen LogP) is 2.82. The molecule has 0 heterocycles. The van der Waals surface area contributed by atoms with E-state index in [0.29, 0.717) is 23.0 Å². The van der Waals surface area contributed by atoms with Crippen LogP contribution in [0, 0.1) is 5.92 Å². The molecule has 1 aromatic rings. The van der Waals surface area contributed by atoms with Crippen LogP contribution in [0.4, 0.5) is 0 Å². The fourth-order valence-electron chi connectivity index (χ4n) is 1.19. The largest absolute Gasteiger partial charge is 0.508 e. The molecule has 1 amide bonds. The highest BCUT2D eigenvalue weighted by Gasteiger charge is 2.11. The number of phenols is 1. The van der Waals surface area contributed by atoms with E-state index in [2.05, 4.69) is 19.2 Å². The summed E-state index contributed by atoms with van der Waals surface area (Å²) in [6, 6.07) is 4.33. The lowest BCUT2D eigenvalue weighted by atomic mass is 10.1. The van der Waals surface area contributed by atoms with Crippen molar-refractivity contribution in [3.8, 4) is 5.75 Å². The van der Waals surface area contributed by atoms with Gasteiger partial charge in [-0.25, -0.2) is 0 Å². The van der Waals surface area contributed by atoms with E-state index in [1.807, 2.05) is 0 Å². The second-order valence-corrected chi connectivity index (χ2v) is 4.29. The standard InChI is InChI=1S/C12H16ClNO2/c1-3-8(2)7-14-12(16)10-6-9(15)4-5-11(10)13/h4-6,8,15H,3,7H2,1-2H3,(H,14,16). The van der Waals surface area contributed by atoms with E-state index in [4.69, 9.17) is 11.6 Å². The van der Waals surface area contributed by atoms with Crippen LogP contribution in [0.15, 0.2) is 18.2 Å². The monoisotopic (exact) mass is 241 g/mol. The lowest BCUT2D eigenvalue weighted by Crippen LogP contribution is -2.28. The van der Waals surface area contributed by atoms with Crippen molar-refractivity contribution in [1.82, 2.24) is 5.32 Å². The Bertz CT molecular complexity index is 379. The topological polar surface area (TPSA) is 49.3 Å². The highest BCUT2D eigenvalue weighted by Crippen LogP contribution is 2.20. The van der Waals surface area contributed by atoms with Crippen molar-refractivity contribution in [2.24, 2.45) is 5.92 Å². The number of nitrogens with one attached hydrogen (secondary N) is 1. The fourth-order valence-corrected chi connectivity index (χ4v) is 1.40. The van der Waals surface area contributed by atoms with Crippen molar-refractivity contribution >= 4 is 17.5 Å². The minimum Gasteiger partial charge on any atom is -0.508 e. The summed E-state index contributed by atoms with van der Waals surface area (Å²) in [6.45, 7) is 4.74. The van der Waals surface area contributed by atoms with Crippen LogP contribution in [0.3, 0.4) is 0 Å². The number of amides is 1. The van der Waals surface area contributed by atoms with Crippen LogP contribution >= 0.6 is 11.6 Å². The lowest BCUT2D eigenvalue weighted by Gasteiger charge is -2.11. The molecule has 4 heteroatoms. The Morgan fingerprint density at radius 2 is 2.25 bits per heavy atom. The zero-order chi connectivity index (χ0) is 12.1. The normalized spacial score (nSPS) is 12.2. The number of hydrogen-bond donors (Lipinski definition) is 2. The van der Waals surface area contributed by atoms with Crippen LogP contribution in [0.2, 0.25) is 5.02 Å². The molecule has 0 fully saturated rings. The number of halogens is 1. The average Bonchev–Trinajstić information content (AvgIpc) is 2.28. The first kappa shape index (κ1) is 12.8. The molecule has 0 bridgehead atoms. The summed E-state index contributed by atoms with van der Waals surface area (Å²) in [6.07, 6.45) is 1.01. The quantitative estimate of drug-likeness (QED) is 0.852. The zero-order valence-corrected chi connectivity index (χ0v) is 10.2. The Labute approximate surface area is 100 Å². The van der Waals surface area contributed by atoms with Gasteiger partial charge >= 0.3 is 0 Å². The molecule has 1 unspecified atom stereocenters. The SMILES string of the molecule is CCC(C)CNC(=O)c1cc(O)ccc1Cl. The third kappa shape index (κ3) is 3.42. The minimum absolute atomic E-state index is 0.0399. The Balaban J connectivity index is 2.69. The number of phenolic OH excluding ortho intramolecular Hbond substituents is 1. The smallest absolute Gasteiger partial charge is 0.252 e. The molecule has 1 aromatic carbocycles. The Hall–Kier alpha value is -1.22. The number of carbonyl (C=O) groups is 1. The third-order valence-corrected chi connectivity index (χ3v) is 2.83. The van der Waals surface area contributed by atoms with Gasteiger partial charge in [-0.2, -0.15) is 0 Å². The number of rotatable bonds is 4. The van der Waals surface area contributed by atoms with E-state index < -0.39 is 0 Å². The summed E-state index contributed by atoms with van der Waals surface area (Å²) in [7, 11) is 0. The van der Waals surface area contributed by atoms with Gasteiger partial charge in [0.05, 0.1) is 10.6 Å². The van der Waals surface area contributed by atoms with E-state index in [-0.39, 0.29) is 11.7 Å². The van der Waals surface area contributed by atoms with E-state index in [0.717, 1.165) is 6.42 Å². The lowest BCUT2D eigenvalue weighted by molar-refractivity contribution is 0.0947. The van der Waals surface area contributed by atoms with E-state index in [1.165, 1.54) is 18.2 Å². The van der Waals surface area contributed by atoms with Crippen LogP contribution in [0.1, 0.15) is 30.6 Å². The van der Waals surface area contributed by atoms with Crippen molar-refractivity contribution in [3.63, 3.8) is 0 Å². The second-order valence-electron chi connectivity index (χ2n) is 3.89. The Morgan fingerprint density at radius 3 is 2.88 bits per heavy atom. The van der Waals surface area contributed by atoms with Crippen molar-refractivity contribution < 1.29 is 9.90 Å². The van der Waals surface area contributed by atoms with Gasteiger partial charge in [0.15, 0.2) is 0 Å². The van der Waals surface area contributed by atoms with Gasteiger partial charge in [0.2, 0.25) is 0 Å². The van der Waals surface area contributed by atoms with Crippen LogP contribution in [-0.4, -0.2) is 17.6 Å². The summed E-state index contributed by atoms with van der Waals surface area (Å²) in [5, 5.41) is 12.4. The molecule has 3 nitrogen and oxygen atoms in total. The van der Waals surface area contributed by atoms with Crippen LogP contribution in [0.25, 0.3) is 0 Å².